The molecule has 0 saturated heterocycles. The summed E-state index contributed by atoms with van der Waals surface area (Å²) in [6.45, 7) is 0. The van der Waals surface area contributed by atoms with Gasteiger partial charge in [-0.25, -0.2) is 0 Å². The average molecular weight is 258 g/mol. The van der Waals surface area contributed by atoms with Gasteiger partial charge in [-0.2, -0.15) is 0 Å². The quantitative estimate of drug-likeness (QED) is 0.894. The number of fused-ring (bicyclic) bond motifs is 1. The van der Waals surface area contributed by atoms with Crippen molar-refractivity contribution in [2.45, 2.75) is 24.8 Å². The highest BCUT2D eigenvalue weighted by atomic mass is 35.5. The fourth-order valence-corrected chi connectivity index (χ4v) is 2.97. The fraction of sp³-hybridized carbons (Fsp3) is 0.250. The predicted molar refractivity (Wildman–Crippen MR) is 76.0 cm³/mol. The molecule has 0 spiro atoms. The van der Waals surface area contributed by atoms with Crippen LogP contribution < -0.4 is 5.73 Å². The minimum Gasteiger partial charge on any atom is -0.327 e. The zero-order valence-electron chi connectivity index (χ0n) is 10.1. The van der Waals surface area contributed by atoms with Crippen LogP contribution in [0, 0.1) is 0 Å². The highest BCUT2D eigenvalue weighted by molar-refractivity contribution is 6.30. The van der Waals surface area contributed by atoms with Crippen molar-refractivity contribution in [2.75, 3.05) is 0 Å². The average Bonchev–Trinajstić information content (AvgIpc) is 2.30. The zero-order chi connectivity index (χ0) is 12.5. The van der Waals surface area contributed by atoms with Crippen LogP contribution in [0.15, 0.2) is 48.5 Å². The van der Waals surface area contributed by atoms with Crippen molar-refractivity contribution in [2.24, 2.45) is 5.73 Å². The molecule has 2 heteroatoms. The molecule has 0 heterocycles. The van der Waals surface area contributed by atoms with E-state index in [4.69, 9.17) is 17.3 Å². The second-order valence-corrected chi connectivity index (χ2v) is 5.44. The van der Waals surface area contributed by atoms with Crippen LogP contribution >= 0.6 is 11.6 Å². The van der Waals surface area contributed by atoms with E-state index in [1.165, 1.54) is 16.7 Å². The lowest BCUT2D eigenvalue weighted by atomic mass is 9.72. The summed E-state index contributed by atoms with van der Waals surface area (Å²) in [5, 5.41) is 0.786. The van der Waals surface area contributed by atoms with Crippen molar-refractivity contribution in [3.8, 4) is 0 Å². The van der Waals surface area contributed by atoms with E-state index in [9.17, 15) is 0 Å². The fourth-order valence-electron chi connectivity index (χ4n) is 2.76. The summed E-state index contributed by atoms with van der Waals surface area (Å²) < 4.78 is 0. The Morgan fingerprint density at radius 2 is 2.00 bits per heavy atom. The number of halogens is 1. The van der Waals surface area contributed by atoms with Crippen LogP contribution in [0.25, 0.3) is 0 Å². The smallest absolute Gasteiger partial charge is 0.0408 e. The van der Waals surface area contributed by atoms with E-state index in [1.807, 2.05) is 18.2 Å². The van der Waals surface area contributed by atoms with Crippen molar-refractivity contribution in [1.82, 2.24) is 0 Å². The second-order valence-electron chi connectivity index (χ2n) is 5.01. The molecule has 0 bridgehead atoms. The van der Waals surface area contributed by atoms with Gasteiger partial charge in [0.2, 0.25) is 0 Å². The van der Waals surface area contributed by atoms with Crippen LogP contribution in [0.1, 0.15) is 22.6 Å². The summed E-state index contributed by atoms with van der Waals surface area (Å²) in [7, 11) is 0. The summed E-state index contributed by atoms with van der Waals surface area (Å²) in [4.78, 5) is 0. The van der Waals surface area contributed by atoms with E-state index >= 15 is 0 Å². The lowest BCUT2D eigenvalue weighted by Crippen LogP contribution is -2.37. The van der Waals surface area contributed by atoms with Crippen molar-refractivity contribution in [3.05, 3.63) is 70.2 Å². The van der Waals surface area contributed by atoms with Crippen LogP contribution in [0.5, 0.6) is 0 Å². The molecule has 92 valence electrons. The molecule has 1 aliphatic carbocycles. The topological polar surface area (TPSA) is 26.0 Å². The SMILES string of the molecule is NC(Cc1cccc(Cl)c1)C1Cc2ccccc21. The molecule has 18 heavy (non-hydrogen) atoms. The van der Waals surface area contributed by atoms with E-state index in [1.54, 1.807) is 0 Å². The Labute approximate surface area is 113 Å². The molecule has 2 atom stereocenters. The highest BCUT2D eigenvalue weighted by Crippen LogP contribution is 2.37. The van der Waals surface area contributed by atoms with Gasteiger partial charge in [0, 0.05) is 17.0 Å². The van der Waals surface area contributed by atoms with E-state index in [2.05, 4.69) is 30.3 Å². The molecule has 2 aromatic rings. The molecule has 0 radical (unpaired) electrons. The Hall–Kier alpha value is -1.31. The highest BCUT2D eigenvalue weighted by Gasteiger charge is 2.30. The third kappa shape index (κ3) is 2.16. The standard InChI is InChI=1S/C16H16ClN/c17-13-6-3-4-11(8-13)9-16(18)15-10-12-5-1-2-7-14(12)15/h1-8,15-16H,9-10,18H2. The van der Waals surface area contributed by atoms with Gasteiger partial charge in [-0.15, -0.1) is 0 Å². The van der Waals surface area contributed by atoms with Gasteiger partial charge in [0.1, 0.15) is 0 Å². The first-order valence-corrected chi connectivity index (χ1v) is 6.69. The zero-order valence-corrected chi connectivity index (χ0v) is 10.9. The van der Waals surface area contributed by atoms with Gasteiger partial charge in [-0.3, -0.25) is 0 Å². The van der Waals surface area contributed by atoms with Crippen LogP contribution in [-0.2, 0) is 12.8 Å². The molecule has 2 unspecified atom stereocenters. The Morgan fingerprint density at radius 3 is 2.78 bits per heavy atom. The molecule has 2 N–H and O–H groups in total. The summed E-state index contributed by atoms with van der Waals surface area (Å²) in [5.74, 6) is 0.500. The Kier molecular flexibility index (Phi) is 3.11. The van der Waals surface area contributed by atoms with Gasteiger partial charge in [0.05, 0.1) is 0 Å². The van der Waals surface area contributed by atoms with Gasteiger partial charge < -0.3 is 5.73 Å². The molecule has 0 saturated carbocycles. The summed E-state index contributed by atoms with van der Waals surface area (Å²) in [5.41, 5.74) is 10.4. The first-order chi connectivity index (χ1) is 8.74. The Balaban J connectivity index is 1.72. The number of hydrogen-bond acceptors (Lipinski definition) is 1. The minimum atomic E-state index is 0.179. The van der Waals surface area contributed by atoms with Crippen molar-refractivity contribution >= 4 is 11.6 Å². The lowest BCUT2D eigenvalue weighted by Gasteiger charge is -2.34. The molecule has 0 aromatic heterocycles. The number of hydrogen-bond donors (Lipinski definition) is 1. The van der Waals surface area contributed by atoms with Crippen molar-refractivity contribution in [3.63, 3.8) is 0 Å². The molecule has 0 fully saturated rings. The minimum absolute atomic E-state index is 0.179. The molecular weight excluding hydrogens is 242 g/mol. The molecular formula is C16H16ClN. The van der Waals surface area contributed by atoms with E-state index in [0.29, 0.717) is 5.92 Å². The van der Waals surface area contributed by atoms with E-state index in [-0.39, 0.29) is 6.04 Å². The maximum Gasteiger partial charge on any atom is 0.0408 e. The predicted octanol–water partition coefficient (Wildman–Crippen LogP) is 3.55. The van der Waals surface area contributed by atoms with Crippen molar-refractivity contribution < 1.29 is 0 Å². The van der Waals surface area contributed by atoms with Gasteiger partial charge >= 0.3 is 0 Å². The van der Waals surface area contributed by atoms with Crippen LogP contribution in [0.2, 0.25) is 5.02 Å². The molecule has 1 aliphatic rings. The monoisotopic (exact) mass is 257 g/mol. The summed E-state index contributed by atoms with van der Waals surface area (Å²) in [6.07, 6.45) is 2.00. The normalized spacial score (nSPS) is 18.9. The van der Waals surface area contributed by atoms with Gasteiger partial charge in [-0.1, -0.05) is 48.0 Å². The molecule has 2 aromatic carbocycles. The van der Waals surface area contributed by atoms with Crippen molar-refractivity contribution in [1.29, 1.82) is 0 Å². The van der Waals surface area contributed by atoms with Gasteiger partial charge in [0.15, 0.2) is 0 Å². The second kappa shape index (κ2) is 4.75. The largest absolute Gasteiger partial charge is 0.327 e. The lowest BCUT2D eigenvalue weighted by molar-refractivity contribution is 0.480. The first kappa shape index (κ1) is 11.8. The van der Waals surface area contributed by atoms with E-state index in [0.717, 1.165) is 17.9 Å². The molecule has 1 nitrogen and oxygen atoms in total. The van der Waals surface area contributed by atoms with Crippen LogP contribution in [-0.4, -0.2) is 6.04 Å². The van der Waals surface area contributed by atoms with Crippen LogP contribution in [0.3, 0.4) is 0 Å². The van der Waals surface area contributed by atoms with E-state index < -0.39 is 0 Å². The molecule has 0 aliphatic heterocycles. The number of rotatable bonds is 3. The Bertz CT molecular complexity index is 565. The summed E-state index contributed by atoms with van der Waals surface area (Å²) in [6, 6.07) is 16.7. The Morgan fingerprint density at radius 1 is 1.17 bits per heavy atom. The van der Waals surface area contributed by atoms with Gasteiger partial charge in [0.25, 0.3) is 0 Å². The third-order valence-corrected chi connectivity index (χ3v) is 4.01. The molecule has 3 rings (SSSR count). The number of benzene rings is 2. The summed E-state index contributed by atoms with van der Waals surface area (Å²) >= 11 is 6.00. The van der Waals surface area contributed by atoms with Gasteiger partial charge in [-0.05, 0) is 41.7 Å². The third-order valence-electron chi connectivity index (χ3n) is 3.77. The van der Waals surface area contributed by atoms with Crippen LogP contribution in [0.4, 0.5) is 0 Å². The molecule has 0 amide bonds. The first-order valence-electron chi connectivity index (χ1n) is 6.32. The number of nitrogens with two attached hydrogens (primary N) is 1. The maximum atomic E-state index is 6.33. The maximum absolute atomic E-state index is 6.33.